The van der Waals surface area contributed by atoms with Crippen molar-refractivity contribution in [2.45, 2.75) is 25.9 Å². The standard InChI is InChI=1S/C16H19N3O/c1-12-5-2-3-7-15(12)13-9-17-16(18-10-13)19-8-4-6-14(20)11-19/h2-3,5,7,9-10,14,20H,4,6,8,11H2,1H3. The molecule has 1 aliphatic heterocycles. The fraction of sp³-hybridized carbons (Fsp3) is 0.375. The normalized spacial score (nSPS) is 19.1. The molecule has 1 fully saturated rings. The van der Waals surface area contributed by atoms with Gasteiger partial charge in [-0.2, -0.15) is 0 Å². The quantitative estimate of drug-likeness (QED) is 0.909. The first-order valence-electron chi connectivity index (χ1n) is 7.05. The molecule has 0 saturated carbocycles. The number of anilines is 1. The minimum absolute atomic E-state index is 0.261. The van der Waals surface area contributed by atoms with E-state index in [0.29, 0.717) is 12.5 Å². The van der Waals surface area contributed by atoms with Crippen LogP contribution in [0.15, 0.2) is 36.7 Å². The molecule has 1 aromatic carbocycles. The second-order valence-electron chi connectivity index (χ2n) is 5.33. The average Bonchev–Trinajstić information content (AvgIpc) is 2.48. The Kier molecular flexibility index (Phi) is 3.65. The molecule has 1 aromatic heterocycles. The summed E-state index contributed by atoms with van der Waals surface area (Å²) in [4.78, 5) is 11.0. The molecule has 0 spiro atoms. The highest BCUT2D eigenvalue weighted by molar-refractivity contribution is 5.65. The van der Waals surface area contributed by atoms with E-state index in [0.717, 1.165) is 30.5 Å². The van der Waals surface area contributed by atoms with Gasteiger partial charge in [0.15, 0.2) is 0 Å². The number of hydrogen-bond acceptors (Lipinski definition) is 4. The summed E-state index contributed by atoms with van der Waals surface area (Å²) in [5.74, 6) is 0.709. The fourth-order valence-electron chi connectivity index (χ4n) is 2.66. The van der Waals surface area contributed by atoms with Crippen LogP contribution in [0.2, 0.25) is 0 Å². The topological polar surface area (TPSA) is 49.2 Å². The number of aliphatic hydroxyl groups is 1. The molecule has 1 saturated heterocycles. The smallest absolute Gasteiger partial charge is 0.225 e. The zero-order valence-corrected chi connectivity index (χ0v) is 11.7. The van der Waals surface area contributed by atoms with Gasteiger partial charge in [-0.25, -0.2) is 9.97 Å². The number of hydrogen-bond donors (Lipinski definition) is 1. The van der Waals surface area contributed by atoms with Crippen molar-refractivity contribution in [2.24, 2.45) is 0 Å². The first-order chi connectivity index (χ1) is 9.74. The van der Waals surface area contributed by atoms with Gasteiger partial charge in [0.2, 0.25) is 5.95 Å². The Morgan fingerprint density at radius 3 is 2.65 bits per heavy atom. The van der Waals surface area contributed by atoms with Gasteiger partial charge in [0.05, 0.1) is 6.10 Å². The van der Waals surface area contributed by atoms with Crippen molar-refractivity contribution < 1.29 is 5.11 Å². The summed E-state index contributed by atoms with van der Waals surface area (Å²) >= 11 is 0. The van der Waals surface area contributed by atoms with Gasteiger partial charge in [0, 0.05) is 31.0 Å². The Hall–Kier alpha value is -1.94. The van der Waals surface area contributed by atoms with Crippen LogP contribution in [-0.2, 0) is 0 Å². The first-order valence-corrected chi connectivity index (χ1v) is 7.05. The lowest BCUT2D eigenvalue weighted by Crippen LogP contribution is -2.39. The van der Waals surface area contributed by atoms with E-state index in [1.165, 1.54) is 5.56 Å². The third-order valence-corrected chi connectivity index (χ3v) is 3.77. The summed E-state index contributed by atoms with van der Waals surface area (Å²) in [7, 11) is 0. The summed E-state index contributed by atoms with van der Waals surface area (Å²) in [5.41, 5.74) is 3.42. The molecule has 0 aliphatic carbocycles. The molecule has 2 aromatic rings. The highest BCUT2D eigenvalue weighted by atomic mass is 16.3. The molecule has 2 heterocycles. The van der Waals surface area contributed by atoms with Gasteiger partial charge in [-0.05, 0) is 30.9 Å². The van der Waals surface area contributed by atoms with Crippen molar-refractivity contribution in [3.8, 4) is 11.1 Å². The number of aryl methyl sites for hydroxylation is 1. The number of aromatic nitrogens is 2. The van der Waals surface area contributed by atoms with E-state index < -0.39 is 0 Å². The monoisotopic (exact) mass is 269 g/mol. The average molecular weight is 269 g/mol. The van der Waals surface area contributed by atoms with E-state index in [9.17, 15) is 5.11 Å². The van der Waals surface area contributed by atoms with Crippen LogP contribution >= 0.6 is 0 Å². The van der Waals surface area contributed by atoms with Crippen molar-refractivity contribution in [1.82, 2.24) is 9.97 Å². The number of piperidine rings is 1. The second kappa shape index (κ2) is 5.59. The van der Waals surface area contributed by atoms with E-state index >= 15 is 0 Å². The number of β-amino-alcohol motifs (C(OH)–C–C–N with tert-alkyl or cyclic N) is 1. The summed E-state index contributed by atoms with van der Waals surface area (Å²) in [6.45, 7) is 3.63. The van der Waals surface area contributed by atoms with Gasteiger partial charge in [0.25, 0.3) is 0 Å². The van der Waals surface area contributed by atoms with Gasteiger partial charge in [-0.1, -0.05) is 24.3 Å². The maximum Gasteiger partial charge on any atom is 0.225 e. The van der Waals surface area contributed by atoms with Gasteiger partial charge >= 0.3 is 0 Å². The Morgan fingerprint density at radius 2 is 1.95 bits per heavy atom. The molecule has 1 aliphatic rings. The van der Waals surface area contributed by atoms with Crippen LogP contribution in [-0.4, -0.2) is 34.3 Å². The molecule has 20 heavy (non-hydrogen) atoms. The predicted octanol–water partition coefficient (Wildman–Crippen LogP) is 2.41. The van der Waals surface area contributed by atoms with E-state index in [-0.39, 0.29) is 6.10 Å². The van der Waals surface area contributed by atoms with Crippen molar-refractivity contribution in [2.75, 3.05) is 18.0 Å². The Labute approximate surface area is 119 Å². The van der Waals surface area contributed by atoms with Crippen molar-refractivity contribution in [3.63, 3.8) is 0 Å². The third-order valence-electron chi connectivity index (χ3n) is 3.77. The lowest BCUT2D eigenvalue weighted by Gasteiger charge is -2.29. The zero-order chi connectivity index (χ0) is 13.9. The number of aliphatic hydroxyl groups excluding tert-OH is 1. The minimum atomic E-state index is -0.261. The molecule has 4 heteroatoms. The fourth-order valence-corrected chi connectivity index (χ4v) is 2.66. The Bertz CT molecular complexity index is 583. The molecular weight excluding hydrogens is 250 g/mol. The third kappa shape index (κ3) is 2.65. The van der Waals surface area contributed by atoms with Gasteiger partial charge < -0.3 is 10.0 Å². The van der Waals surface area contributed by atoms with Crippen LogP contribution in [0.3, 0.4) is 0 Å². The summed E-state index contributed by atoms with van der Waals surface area (Å²) in [6, 6.07) is 8.23. The zero-order valence-electron chi connectivity index (χ0n) is 11.7. The minimum Gasteiger partial charge on any atom is -0.391 e. The van der Waals surface area contributed by atoms with Gasteiger partial charge in [-0.15, -0.1) is 0 Å². The molecule has 1 N–H and O–H groups in total. The molecular formula is C16H19N3O. The molecule has 104 valence electrons. The van der Waals surface area contributed by atoms with Crippen molar-refractivity contribution in [1.29, 1.82) is 0 Å². The highest BCUT2D eigenvalue weighted by Crippen LogP contribution is 2.23. The lowest BCUT2D eigenvalue weighted by molar-refractivity contribution is 0.153. The van der Waals surface area contributed by atoms with Crippen LogP contribution in [0.25, 0.3) is 11.1 Å². The van der Waals surface area contributed by atoms with Crippen LogP contribution in [0, 0.1) is 6.92 Å². The molecule has 0 radical (unpaired) electrons. The van der Waals surface area contributed by atoms with E-state index in [2.05, 4.69) is 33.9 Å². The summed E-state index contributed by atoms with van der Waals surface area (Å²) in [5, 5.41) is 9.71. The number of rotatable bonds is 2. The molecule has 4 nitrogen and oxygen atoms in total. The summed E-state index contributed by atoms with van der Waals surface area (Å²) < 4.78 is 0. The maximum atomic E-state index is 9.71. The predicted molar refractivity (Wildman–Crippen MR) is 79.7 cm³/mol. The largest absolute Gasteiger partial charge is 0.391 e. The van der Waals surface area contributed by atoms with Crippen molar-refractivity contribution >= 4 is 5.95 Å². The van der Waals surface area contributed by atoms with Gasteiger partial charge in [0.1, 0.15) is 0 Å². The second-order valence-corrected chi connectivity index (χ2v) is 5.33. The molecule has 1 atom stereocenters. The van der Waals surface area contributed by atoms with Gasteiger partial charge in [-0.3, -0.25) is 0 Å². The van der Waals surface area contributed by atoms with Crippen molar-refractivity contribution in [3.05, 3.63) is 42.2 Å². The number of benzene rings is 1. The van der Waals surface area contributed by atoms with E-state index in [1.54, 1.807) is 0 Å². The van der Waals surface area contributed by atoms with Crippen LogP contribution < -0.4 is 4.90 Å². The SMILES string of the molecule is Cc1ccccc1-c1cnc(N2CCCC(O)C2)nc1. The maximum absolute atomic E-state index is 9.71. The molecule has 3 rings (SSSR count). The van der Waals surface area contributed by atoms with E-state index in [4.69, 9.17) is 0 Å². The van der Waals surface area contributed by atoms with Crippen LogP contribution in [0.5, 0.6) is 0 Å². The molecule has 0 amide bonds. The lowest BCUT2D eigenvalue weighted by atomic mass is 10.0. The molecule has 1 unspecified atom stereocenters. The van der Waals surface area contributed by atoms with E-state index in [1.807, 2.05) is 24.5 Å². The highest BCUT2D eigenvalue weighted by Gasteiger charge is 2.19. The number of nitrogens with zero attached hydrogens (tertiary/aromatic N) is 3. The molecule has 0 bridgehead atoms. The summed E-state index contributed by atoms with van der Waals surface area (Å²) in [6.07, 6.45) is 5.34. The van der Waals surface area contributed by atoms with Crippen LogP contribution in [0.4, 0.5) is 5.95 Å². The van der Waals surface area contributed by atoms with Crippen LogP contribution in [0.1, 0.15) is 18.4 Å². The Morgan fingerprint density at radius 1 is 1.20 bits per heavy atom. The Balaban J connectivity index is 1.83. The first kappa shape index (κ1) is 13.1.